The third-order valence-corrected chi connectivity index (χ3v) is 3.39. The molecule has 112 valence electrons. The molecule has 0 saturated carbocycles. The van der Waals surface area contributed by atoms with E-state index in [9.17, 15) is 14.4 Å². The highest BCUT2D eigenvalue weighted by atomic mass is 16.5. The normalized spacial score (nSPS) is 18.4. The van der Waals surface area contributed by atoms with Crippen LogP contribution in [0.3, 0.4) is 0 Å². The fourth-order valence-corrected chi connectivity index (χ4v) is 2.30. The summed E-state index contributed by atoms with van der Waals surface area (Å²) in [6.07, 6.45) is 0.418. The van der Waals surface area contributed by atoms with Crippen molar-refractivity contribution in [1.29, 1.82) is 0 Å². The molecule has 1 fully saturated rings. The minimum atomic E-state index is -0.670. The monoisotopic (exact) mass is 291 g/mol. The maximum atomic E-state index is 12.6. The molecule has 0 bridgehead atoms. The molecule has 7 nitrogen and oxygen atoms in total. The standard InChI is InChI=1S/C14H17N3O4/c1-3-11-13(19)16-12(18)7-17(11)14(20)9-5-4-8(21-2)6-10(9)15/h4-6,11H,3,7,15H2,1-2H3,(H,16,18,19). The van der Waals surface area contributed by atoms with Gasteiger partial charge in [-0.05, 0) is 18.6 Å². The number of anilines is 1. The zero-order chi connectivity index (χ0) is 15.6. The van der Waals surface area contributed by atoms with Crippen LogP contribution in [0.25, 0.3) is 0 Å². The fourth-order valence-electron chi connectivity index (χ4n) is 2.30. The van der Waals surface area contributed by atoms with Crippen LogP contribution >= 0.6 is 0 Å². The summed E-state index contributed by atoms with van der Waals surface area (Å²) in [5.41, 5.74) is 6.34. The van der Waals surface area contributed by atoms with Crippen LogP contribution in [0, 0.1) is 0 Å². The van der Waals surface area contributed by atoms with Gasteiger partial charge >= 0.3 is 0 Å². The van der Waals surface area contributed by atoms with Crippen LogP contribution in [0.4, 0.5) is 5.69 Å². The molecule has 21 heavy (non-hydrogen) atoms. The Morgan fingerprint density at radius 1 is 1.48 bits per heavy atom. The number of amides is 3. The number of piperazine rings is 1. The first kappa shape index (κ1) is 14.8. The molecular weight excluding hydrogens is 274 g/mol. The van der Waals surface area contributed by atoms with Gasteiger partial charge in [-0.25, -0.2) is 0 Å². The van der Waals surface area contributed by atoms with Gasteiger partial charge in [0.15, 0.2) is 0 Å². The van der Waals surface area contributed by atoms with Crippen molar-refractivity contribution in [2.75, 3.05) is 19.4 Å². The number of methoxy groups -OCH3 is 1. The molecule has 1 unspecified atom stereocenters. The van der Waals surface area contributed by atoms with Gasteiger partial charge < -0.3 is 15.4 Å². The van der Waals surface area contributed by atoms with Crippen LogP contribution in [-0.4, -0.2) is 42.3 Å². The molecule has 1 atom stereocenters. The van der Waals surface area contributed by atoms with E-state index < -0.39 is 23.8 Å². The van der Waals surface area contributed by atoms with Gasteiger partial charge in [-0.1, -0.05) is 6.92 Å². The Morgan fingerprint density at radius 2 is 2.19 bits per heavy atom. The van der Waals surface area contributed by atoms with Gasteiger partial charge in [0.05, 0.1) is 12.7 Å². The zero-order valence-corrected chi connectivity index (χ0v) is 11.9. The number of nitrogens with zero attached hydrogens (tertiary/aromatic N) is 1. The highest BCUT2D eigenvalue weighted by Crippen LogP contribution is 2.23. The Hall–Kier alpha value is -2.57. The van der Waals surface area contributed by atoms with E-state index in [-0.39, 0.29) is 17.8 Å². The number of nitrogens with two attached hydrogens (primary N) is 1. The van der Waals surface area contributed by atoms with Crippen molar-refractivity contribution in [3.8, 4) is 5.75 Å². The largest absolute Gasteiger partial charge is 0.497 e. The van der Waals surface area contributed by atoms with Gasteiger partial charge in [0.1, 0.15) is 18.3 Å². The van der Waals surface area contributed by atoms with Gasteiger partial charge in [0, 0.05) is 11.8 Å². The van der Waals surface area contributed by atoms with Crippen molar-refractivity contribution in [3.63, 3.8) is 0 Å². The molecule has 3 N–H and O–H groups in total. The van der Waals surface area contributed by atoms with Crippen LogP contribution in [0.1, 0.15) is 23.7 Å². The third kappa shape index (κ3) is 2.81. The molecule has 1 aliphatic rings. The van der Waals surface area contributed by atoms with E-state index in [1.165, 1.54) is 24.1 Å². The number of carbonyl (C=O) groups is 3. The number of nitrogens with one attached hydrogen (secondary N) is 1. The molecule has 0 aromatic heterocycles. The summed E-state index contributed by atoms with van der Waals surface area (Å²) in [6, 6.07) is 3.99. The van der Waals surface area contributed by atoms with Crippen molar-refractivity contribution in [1.82, 2.24) is 10.2 Å². The van der Waals surface area contributed by atoms with E-state index in [1.807, 2.05) is 0 Å². The molecule has 3 amide bonds. The average molecular weight is 291 g/mol. The first-order chi connectivity index (χ1) is 9.97. The van der Waals surface area contributed by atoms with Crippen molar-refractivity contribution >= 4 is 23.4 Å². The van der Waals surface area contributed by atoms with E-state index >= 15 is 0 Å². The Kier molecular flexibility index (Phi) is 4.11. The van der Waals surface area contributed by atoms with Crippen LogP contribution < -0.4 is 15.8 Å². The van der Waals surface area contributed by atoms with Crippen LogP contribution in [0.15, 0.2) is 18.2 Å². The molecule has 1 aliphatic heterocycles. The summed E-state index contributed by atoms with van der Waals surface area (Å²) in [4.78, 5) is 37.1. The summed E-state index contributed by atoms with van der Waals surface area (Å²) in [6.45, 7) is 1.62. The lowest BCUT2D eigenvalue weighted by Crippen LogP contribution is -2.59. The highest BCUT2D eigenvalue weighted by molar-refractivity contribution is 6.08. The number of hydrogen-bond acceptors (Lipinski definition) is 5. The van der Waals surface area contributed by atoms with E-state index in [4.69, 9.17) is 10.5 Å². The predicted octanol–water partition coefficient (Wildman–Crippen LogP) is 0.155. The Morgan fingerprint density at radius 3 is 2.76 bits per heavy atom. The molecule has 0 aliphatic carbocycles. The van der Waals surface area contributed by atoms with E-state index in [0.717, 1.165) is 0 Å². The lowest BCUT2D eigenvalue weighted by atomic mass is 10.1. The number of hydrogen-bond donors (Lipinski definition) is 2. The van der Waals surface area contributed by atoms with Crippen LogP contribution in [0.2, 0.25) is 0 Å². The van der Waals surface area contributed by atoms with Crippen molar-refractivity contribution in [2.45, 2.75) is 19.4 Å². The number of carbonyl (C=O) groups excluding carboxylic acids is 3. The summed E-state index contributed by atoms with van der Waals surface area (Å²) < 4.78 is 5.03. The molecular formula is C14H17N3O4. The molecule has 1 saturated heterocycles. The summed E-state index contributed by atoms with van der Waals surface area (Å²) in [7, 11) is 1.50. The maximum Gasteiger partial charge on any atom is 0.257 e. The number of nitrogen functional groups attached to an aromatic ring is 1. The Labute approximate surface area is 122 Å². The minimum absolute atomic E-state index is 0.158. The lowest BCUT2D eigenvalue weighted by molar-refractivity contribution is -0.138. The topological polar surface area (TPSA) is 102 Å². The summed E-state index contributed by atoms with van der Waals surface area (Å²) >= 11 is 0. The Bertz CT molecular complexity index is 600. The second kappa shape index (κ2) is 5.82. The van der Waals surface area contributed by atoms with Crippen molar-refractivity contribution in [2.24, 2.45) is 0 Å². The van der Waals surface area contributed by atoms with Crippen molar-refractivity contribution < 1.29 is 19.1 Å². The first-order valence-electron chi connectivity index (χ1n) is 6.56. The second-order valence-corrected chi connectivity index (χ2v) is 4.72. The lowest BCUT2D eigenvalue weighted by Gasteiger charge is -2.33. The van der Waals surface area contributed by atoms with Gasteiger partial charge in [0.2, 0.25) is 11.8 Å². The van der Waals surface area contributed by atoms with Crippen LogP contribution in [-0.2, 0) is 9.59 Å². The van der Waals surface area contributed by atoms with Crippen molar-refractivity contribution in [3.05, 3.63) is 23.8 Å². The SMILES string of the molecule is CCC1C(=O)NC(=O)CN1C(=O)c1ccc(OC)cc1N. The van der Waals surface area contributed by atoms with E-state index in [1.54, 1.807) is 13.0 Å². The molecule has 1 aromatic carbocycles. The van der Waals surface area contributed by atoms with Gasteiger partial charge in [-0.15, -0.1) is 0 Å². The quantitative estimate of drug-likeness (QED) is 0.610. The number of rotatable bonds is 3. The fraction of sp³-hybridized carbons (Fsp3) is 0.357. The maximum absolute atomic E-state index is 12.6. The summed E-state index contributed by atoms with van der Waals surface area (Å²) in [5.74, 6) is -0.868. The number of imide groups is 1. The predicted molar refractivity (Wildman–Crippen MR) is 75.7 cm³/mol. The highest BCUT2D eigenvalue weighted by Gasteiger charge is 2.36. The molecule has 0 spiro atoms. The van der Waals surface area contributed by atoms with Gasteiger partial charge in [0.25, 0.3) is 5.91 Å². The average Bonchev–Trinajstić information content (AvgIpc) is 2.45. The first-order valence-corrected chi connectivity index (χ1v) is 6.56. The second-order valence-electron chi connectivity index (χ2n) is 4.72. The van der Waals surface area contributed by atoms with E-state index in [0.29, 0.717) is 12.2 Å². The summed E-state index contributed by atoms with van der Waals surface area (Å²) in [5, 5.41) is 2.23. The number of benzene rings is 1. The third-order valence-electron chi connectivity index (χ3n) is 3.39. The molecule has 1 aromatic rings. The molecule has 1 heterocycles. The molecule has 7 heteroatoms. The van der Waals surface area contributed by atoms with E-state index in [2.05, 4.69) is 5.32 Å². The van der Waals surface area contributed by atoms with Crippen LogP contribution in [0.5, 0.6) is 5.75 Å². The minimum Gasteiger partial charge on any atom is -0.497 e. The molecule has 0 radical (unpaired) electrons. The zero-order valence-electron chi connectivity index (χ0n) is 11.9. The molecule has 2 rings (SSSR count). The van der Waals surface area contributed by atoms with Gasteiger partial charge in [-0.2, -0.15) is 0 Å². The smallest absolute Gasteiger partial charge is 0.257 e. The number of ether oxygens (including phenoxy) is 1. The Balaban J connectivity index is 2.33. The van der Waals surface area contributed by atoms with Gasteiger partial charge in [-0.3, -0.25) is 19.7 Å².